The van der Waals surface area contributed by atoms with E-state index in [4.69, 9.17) is 5.26 Å². The molecule has 1 rings (SSSR count). The zero-order valence-electron chi connectivity index (χ0n) is 6.13. The summed E-state index contributed by atoms with van der Waals surface area (Å²) in [7, 11) is 0. The van der Waals surface area contributed by atoms with Gasteiger partial charge in [-0.1, -0.05) is 22.6 Å². The first kappa shape index (κ1) is 8.60. The number of alkyl halides is 1. The third kappa shape index (κ3) is 2.22. The van der Waals surface area contributed by atoms with Gasteiger partial charge in [-0.25, -0.2) is 0 Å². The molecule has 0 bridgehead atoms. The van der Waals surface area contributed by atoms with E-state index in [1.54, 1.807) is 0 Å². The second-order valence-corrected chi connectivity index (χ2v) is 3.30. The van der Waals surface area contributed by atoms with Crippen molar-refractivity contribution < 1.29 is 0 Å². The van der Waals surface area contributed by atoms with Gasteiger partial charge in [0.2, 0.25) is 0 Å². The van der Waals surface area contributed by atoms with Gasteiger partial charge in [-0.3, -0.25) is 0 Å². The Morgan fingerprint density at radius 3 is 3.09 bits per heavy atom. The van der Waals surface area contributed by atoms with Crippen LogP contribution in [0.3, 0.4) is 0 Å². The van der Waals surface area contributed by atoms with Crippen LogP contribution in [0, 0.1) is 11.3 Å². The van der Waals surface area contributed by atoms with E-state index in [0.717, 1.165) is 16.7 Å². The fourth-order valence-corrected chi connectivity index (χ4v) is 1.52. The highest BCUT2D eigenvalue weighted by molar-refractivity contribution is 14.1. The van der Waals surface area contributed by atoms with Gasteiger partial charge < -0.3 is 4.57 Å². The molecule has 0 aliphatic carbocycles. The van der Waals surface area contributed by atoms with E-state index in [1.165, 1.54) is 0 Å². The van der Waals surface area contributed by atoms with Crippen LogP contribution in [-0.4, -0.2) is 8.99 Å². The van der Waals surface area contributed by atoms with Crippen LogP contribution in [-0.2, 0) is 13.0 Å². The Morgan fingerprint density at radius 2 is 2.45 bits per heavy atom. The Morgan fingerprint density at radius 1 is 1.64 bits per heavy atom. The zero-order chi connectivity index (χ0) is 8.10. The first-order chi connectivity index (χ1) is 5.38. The first-order valence-corrected chi connectivity index (χ1v) is 4.98. The van der Waals surface area contributed by atoms with Crippen LogP contribution in [0.2, 0.25) is 0 Å². The summed E-state index contributed by atoms with van der Waals surface area (Å²) in [6.07, 6.45) is 2.54. The van der Waals surface area contributed by atoms with Crippen molar-refractivity contribution >= 4 is 22.6 Å². The molecule has 1 heterocycles. The van der Waals surface area contributed by atoms with Gasteiger partial charge in [0, 0.05) is 22.9 Å². The minimum atomic E-state index is 0.517. The van der Waals surface area contributed by atoms with Gasteiger partial charge in [-0.15, -0.1) is 0 Å². The zero-order valence-corrected chi connectivity index (χ0v) is 8.28. The molecular formula is C8H9IN2. The lowest BCUT2D eigenvalue weighted by Crippen LogP contribution is -2.01. The maximum absolute atomic E-state index is 8.47. The lowest BCUT2D eigenvalue weighted by Gasteiger charge is -2.02. The van der Waals surface area contributed by atoms with Crippen molar-refractivity contribution in [2.45, 2.75) is 13.0 Å². The van der Waals surface area contributed by atoms with Gasteiger partial charge in [0.1, 0.15) is 0 Å². The molecule has 0 atom stereocenters. The number of hydrogen-bond acceptors (Lipinski definition) is 1. The summed E-state index contributed by atoms with van der Waals surface area (Å²) in [5, 5.41) is 8.47. The Labute approximate surface area is 80.0 Å². The third-order valence-electron chi connectivity index (χ3n) is 1.51. The van der Waals surface area contributed by atoms with Crippen molar-refractivity contribution in [3.63, 3.8) is 0 Å². The van der Waals surface area contributed by atoms with E-state index in [9.17, 15) is 0 Å². The maximum Gasteiger partial charge on any atom is 0.0754 e. The van der Waals surface area contributed by atoms with Crippen LogP contribution in [0.4, 0.5) is 0 Å². The summed E-state index contributed by atoms with van der Waals surface area (Å²) < 4.78 is 3.21. The molecule has 1 aromatic heterocycles. The molecule has 0 aliphatic rings. The average Bonchev–Trinajstić information content (AvgIpc) is 2.39. The highest BCUT2D eigenvalue weighted by Crippen LogP contribution is 2.03. The van der Waals surface area contributed by atoms with E-state index in [-0.39, 0.29) is 0 Å². The van der Waals surface area contributed by atoms with Crippen LogP contribution in [0.15, 0.2) is 18.3 Å². The Balaban J connectivity index is 2.71. The van der Waals surface area contributed by atoms with Crippen molar-refractivity contribution in [1.82, 2.24) is 4.57 Å². The minimum Gasteiger partial charge on any atom is -0.350 e. The van der Waals surface area contributed by atoms with Crippen molar-refractivity contribution in [3.8, 4) is 6.07 Å². The Bertz CT molecular complexity index is 259. The third-order valence-corrected chi connectivity index (χ3v) is 1.99. The fraction of sp³-hybridized carbons (Fsp3) is 0.375. The number of nitriles is 1. The van der Waals surface area contributed by atoms with Gasteiger partial charge in [0.25, 0.3) is 0 Å². The Kier molecular flexibility index (Phi) is 3.43. The molecule has 1 aromatic rings. The van der Waals surface area contributed by atoms with E-state index < -0.39 is 0 Å². The largest absolute Gasteiger partial charge is 0.350 e. The SMILES string of the molecule is N#CCc1cccn1CCI. The van der Waals surface area contributed by atoms with Crippen molar-refractivity contribution in [2.24, 2.45) is 0 Å². The minimum absolute atomic E-state index is 0.517. The lowest BCUT2D eigenvalue weighted by molar-refractivity contribution is 0.747. The molecule has 58 valence electrons. The molecule has 0 N–H and O–H groups in total. The Hall–Kier alpha value is -0.500. The lowest BCUT2D eigenvalue weighted by atomic mass is 10.3. The molecule has 0 amide bonds. The van der Waals surface area contributed by atoms with E-state index >= 15 is 0 Å². The smallest absolute Gasteiger partial charge is 0.0754 e. The van der Waals surface area contributed by atoms with Crippen molar-refractivity contribution in [1.29, 1.82) is 5.26 Å². The van der Waals surface area contributed by atoms with Gasteiger partial charge in [0.15, 0.2) is 0 Å². The summed E-state index contributed by atoms with van der Waals surface area (Å²) in [5.74, 6) is 0. The molecule has 2 nitrogen and oxygen atoms in total. The van der Waals surface area contributed by atoms with E-state index in [0.29, 0.717) is 6.42 Å². The number of hydrogen-bond donors (Lipinski definition) is 0. The van der Waals surface area contributed by atoms with Crippen LogP contribution in [0.25, 0.3) is 0 Å². The number of nitrogens with zero attached hydrogens (tertiary/aromatic N) is 2. The molecule has 3 heteroatoms. The van der Waals surface area contributed by atoms with Crippen LogP contribution in [0.5, 0.6) is 0 Å². The predicted octanol–water partition coefficient (Wildman–Crippen LogP) is 1.99. The second kappa shape index (κ2) is 4.39. The van der Waals surface area contributed by atoms with Crippen molar-refractivity contribution in [2.75, 3.05) is 4.43 Å². The number of aromatic nitrogens is 1. The molecule has 0 radical (unpaired) electrons. The highest BCUT2D eigenvalue weighted by atomic mass is 127. The monoisotopic (exact) mass is 260 g/mol. The maximum atomic E-state index is 8.47. The summed E-state index contributed by atoms with van der Waals surface area (Å²) in [6.45, 7) is 1.00. The summed E-state index contributed by atoms with van der Waals surface area (Å²) in [5.41, 5.74) is 1.11. The molecule has 0 unspecified atom stereocenters. The molecule has 11 heavy (non-hydrogen) atoms. The molecule has 0 saturated heterocycles. The summed E-state index contributed by atoms with van der Waals surface area (Å²) in [4.78, 5) is 0. The normalized spacial score (nSPS) is 9.45. The molecular weight excluding hydrogens is 251 g/mol. The summed E-state index contributed by atoms with van der Waals surface area (Å²) in [6, 6.07) is 6.13. The van der Waals surface area contributed by atoms with Crippen LogP contribution in [0.1, 0.15) is 5.69 Å². The quantitative estimate of drug-likeness (QED) is 0.603. The molecule has 0 aromatic carbocycles. The standard InChI is InChI=1S/C8H9IN2/c9-4-7-11-6-1-2-8(11)3-5-10/h1-2,6H,3-4,7H2. The fourth-order valence-electron chi connectivity index (χ4n) is 1.00. The van der Waals surface area contributed by atoms with Gasteiger partial charge >= 0.3 is 0 Å². The predicted molar refractivity (Wildman–Crippen MR) is 52.6 cm³/mol. The van der Waals surface area contributed by atoms with Crippen LogP contribution >= 0.6 is 22.6 Å². The summed E-state index contributed by atoms with van der Waals surface area (Å²) >= 11 is 2.33. The molecule has 0 spiro atoms. The van der Waals surface area contributed by atoms with Gasteiger partial charge in [-0.05, 0) is 12.1 Å². The molecule has 0 saturated carbocycles. The molecule has 0 aliphatic heterocycles. The van der Waals surface area contributed by atoms with Gasteiger partial charge in [0.05, 0.1) is 12.5 Å². The van der Waals surface area contributed by atoms with Crippen molar-refractivity contribution in [3.05, 3.63) is 24.0 Å². The highest BCUT2D eigenvalue weighted by Gasteiger charge is 1.97. The average molecular weight is 260 g/mol. The van der Waals surface area contributed by atoms with E-state index in [1.807, 2.05) is 18.3 Å². The number of rotatable bonds is 3. The number of halogens is 1. The first-order valence-electron chi connectivity index (χ1n) is 3.45. The van der Waals surface area contributed by atoms with Crippen LogP contribution < -0.4 is 0 Å². The molecule has 0 fully saturated rings. The van der Waals surface area contributed by atoms with E-state index in [2.05, 4.69) is 33.2 Å². The van der Waals surface area contributed by atoms with Gasteiger partial charge in [-0.2, -0.15) is 5.26 Å². The topological polar surface area (TPSA) is 28.7 Å². The number of aryl methyl sites for hydroxylation is 1. The second-order valence-electron chi connectivity index (χ2n) is 2.22.